The van der Waals surface area contributed by atoms with E-state index in [2.05, 4.69) is 60.4 Å². The third kappa shape index (κ3) is 7.52. The Hall–Kier alpha value is -2.38. The van der Waals surface area contributed by atoms with Gasteiger partial charge >= 0.3 is 17.9 Å². The molecule has 318 valence electrons. The fraction of sp³-hybridized carbons (Fsp3) is 0.875. The first-order valence-electron chi connectivity index (χ1n) is 22.6. The van der Waals surface area contributed by atoms with Gasteiger partial charge in [-0.05, 0) is 143 Å². The second kappa shape index (κ2) is 16.3. The molecule has 1 amide bonds. The van der Waals surface area contributed by atoms with E-state index in [1.54, 1.807) is 13.8 Å². The van der Waals surface area contributed by atoms with Gasteiger partial charge in [-0.1, -0.05) is 92.2 Å². The van der Waals surface area contributed by atoms with E-state index in [-0.39, 0.29) is 51.4 Å². The van der Waals surface area contributed by atoms with Gasteiger partial charge in [0.1, 0.15) is 6.10 Å². The van der Waals surface area contributed by atoms with Crippen LogP contribution < -0.4 is 5.32 Å². The van der Waals surface area contributed by atoms with Gasteiger partial charge in [-0.3, -0.25) is 19.2 Å². The Labute approximate surface area is 339 Å². The number of unbranched alkanes of at least 4 members (excludes halogenated alkanes) is 7. The number of amides is 1. The summed E-state index contributed by atoms with van der Waals surface area (Å²) in [5.74, 6) is -0.114. The molecule has 10 atom stereocenters. The molecule has 5 aliphatic carbocycles. The fourth-order valence-electron chi connectivity index (χ4n) is 14.4. The molecule has 0 radical (unpaired) electrons. The van der Waals surface area contributed by atoms with Crippen molar-refractivity contribution in [2.45, 2.75) is 197 Å². The summed E-state index contributed by atoms with van der Waals surface area (Å²) >= 11 is 0. The SMILES string of the molecule is C=C(C)[C@@H]1CC[C@]2(C(=O)NCCCCCCCCCCC(=O)O)CC[C@]3(C)[C@H](CCC4[C@@]5(C)CC[C@H](OC(=O)CC(C)(C)C(=O)O)C(C)(C)[C@]5(C)CC[C@]43C)[C@@H]12. The lowest BCUT2D eigenvalue weighted by molar-refractivity contribution is -0.281. The van der Waals surface area contributed by atoms with Gasteiger partial charge in [0.2, 0.25) is 5.91 Å². The van der Waals surface area contributed by atoms with E-state index in [9.17, 15) is 24.3 Å². The third-order valence-electron chi connectivity index (χ3n) is 18.6. The minimum absolute atomic E-state index is 0.0520. The Morgan fingerprint density at radius 2 is 1.34 bits per heavy atom. The molecule has 0 aromatic rings. The molecule has 56 heavy (non-hydrogen) atoms. The molecule has 5 saturated carbocycles. The Kier molecular flexibility index (Phi) is 13.1. The maximum Gasteiger partial charge on any atom is 0.309 e. The third-order valence-corrected chi connectivity index (χ3v) is 18.6. The second-order valence-electron chi connectivity index (χ2n) is 21.8. The van der Waals surface area contributed by atoms with Crippen molar-refractivity contribution in [1.29, 1.82) is 0 Å². The number of carboxylic acid groups (broad SMARTS) is 2. The van der Waals surface area contributed by atoms with Crippen LogP contribution in [0.5, 0.6) is 0 Å². The minimum Gasteiger partial charge on any atom is -0.481 e. The van der Waals surface area contributed by atoms with Crippen LogP contribution in [0, 0.1) is 61.6 Å². The predicted octanol–water partition coefficient (Wildman–Crippen LogP) is 11.2. The number of carbonyl (C=O) groups is 4. The number of allylic oxidation sites excluding steroid dienone is 1. The maximum absolute atomic E-state index is 14.5. The molecule has 0 aromatic heterocycles. The molecule has 0 heterocycles. The van der Waals surface area contributed by atoms with Gasteiger partial charge in [-0.25, -0.2) is 0 Å². The van der Waals surface area contributed by atoms with Crippen LogP contribution in [-0.4, -0.2) is 46.7 Å². The normalized spacial score (nSPS) is 38.6. The van der Waals surface area contributed by atoms with Gasteiger partial charge in [0, 0.05) is 18.4 Å². The molecular weight excluding hydrogens is 703 g/mol. The topological polar surface area (TPSA) is 130 Å². The van der Waals surface area contributed by atoms with E-state index >= 15 is 0 Å². The molecule has 8 nitrogen and oxygen atoms in total. The standard InChI is InChI=1S/C48H79NO7/c1-32(2)33-22-25-48(40(53)49-30-18-16-14-12-11-13-15-17-19-37(50)51)29-27-44(7)34(39(33)48)20-21-35-45(44,8)26-28-47(10)43(5,6)36(23-24-46(35,47)9)56-38(52)31-42(3,4)41(54)55/h33-36,39H,1,11-31H2,2-10H3,(H,49,53)(H,50,51)(H,54,55)/t33-,34+,35?,36-,39+,44+,45+,46+,47-,48-/m0/s1. The van der Waals surface area contributed by atoms with Gasteiger partial charge in [0.25, 0.3) is 0 Å². The zero-order valence-electron chi connectivity index (χ0n) is 36.9. The van der Waals surface area contributed by atoms with E-state index < -0.39 is 23.3 Å². The molecule has 0 spiro atoms. The Morgan fingerprint density at radius 1 is 0.732 bits per heavy atom. The van der Waals surface area contributed by atoms with Crippen molar-refractivity contribution in [2.24, 2.45) is 61.6 Å². The zero-order valence-corrected chi connectivity index (χ0v) is 36.9. The number of aliphatic carboxylic acids is 2. The lowest BCUT2D eigenvalue weighted by Crippen LogP contribution is -2.70. The number of rotatable bonds is 17. The highest BCUT2D eigenvalue weighted by Gasteiger charge is 2.74. The van der Waals surface area contributed by atoms with Crippen LogP contribution in [0.15, 0.2) is 12.2 Å². The molecule has 0 aliphatic heterocycles. The van der Waals surface area contributed by atoms with Gasteiger partial charge in [0.05, 0.1) is 17.3 Å². The maximum atomic E-state index is 14.5. The Balaban J connectivity index is 1.27. The molecule has 0 saturated heterocycles. The van der Waals surface area contributed by atoms with Crippen LogP contribution >= 0.6 is 0 Å². The molecule has 5 aliphatic rings. The van der Waals surface area contributed by atoms with Gasteiger partial charge in [-0.15, -0.1) is 0 Å². The van der Waals surface area contributed by atoms with Crippen LogP contribution in [0.2, 0.25) is 0 Å². The van der Waals surface area contributed by atoms with Crippen molar-refractivity contribution in [1.82, 2.24) is 5.32 Å². The van der Waals surface area contributed by atoms with Crippen LogP contribution in [0.4, 0.5) is 0 Å². The lowest BCUT2D eigenvalue weighted by Gasteiger charge is -2.75. The van der Waals surface area contributed by atoms with Gasteiger partial charge < -0.3 is 20.3 Å². The predicted molar refractivity (Wildman–Crippen MR) is 222 cm³/mol. The highest BCUT2D eigenvalue weighted by Crippen LogP contribution is 2.80. The fourth-order valence-corrected chi connectivity index (χ4v) is 14.4. The quantitative estimate of drug-likeness (QED) is 0.0761. The number of ether oxygens (including phenoxy) is 1. The molecular formula is C48H79NO7. The summed E-state index contributed by atoms with van der Waals surface area (Å²) in [6.07, 6.45) is 18.7. The van der Waals surface area contributed by atoms with Crippen LogP contribution in [0.25, 0.3) is 0 Å². The summed E-state index contributed by atoms with van der Waals surface area (Å²) in [5.41, 5.74) is -0.297. The summed E-state index contributed by atoms with van der Waals surface area (Å²) in [4.78, 5) is 50.2. The van der Waals surface area contributed by atoms with Gasteiger partial charge in [0.15, 0.2) is 0 Å². The molecule has 5 rings (SSSR count). The number of nitrogens with one attached hydrogen (secondary N) is 1. The van der Waals surface area contributed by atoms with Crippen LogP contribution in [0.3, 0.4) is 0 Å². The highest BCUT2D eigenvalue weighted by molar-refractivity contribution is 5.84. The first kappa shape index (κ1) is 44.7. The number of hydrogen-bond donors (Lipinski definition) is 3. The molecule has 3 N–H and O–H groups in total. The summed E-state index contributed by atoms with van der Waals surface area (Å²) in [7, 11) is 0. The van der Waals surface area contributed by atoms with Crippen LogP contribution in [-0.2, 0) is 23.9 Å². The van der Waals surface area contributed by atoms with E-state index in [4.69, 9.17) is 9.84 Å². The zero-order chi connectivity index (χ0) is 41.5. The van der Waals surface area contributed by atoms with Gasteiger partial charge in [-0.2, -0.15) is 0 Å². The number of carboxylic acids is 2. The first-order valence-corrected chi connectivity index (χ1v) is 22.6. The molecule has 1 unspecified atom stereocenters. The van der Waals surface area contributed by atoms with Crippen molar-refractivity contribution < 1.29 is 34.1 Å². The Bertz CT molecular complexity index is 1500. The van der Waals surface area contributed by atoms with Crippen molar-refractivity contribution in [2.75, 3.05) is 6.54 Å². The number of hydrogen-bond acceptors (Lipinski definition) is 5. The Morgan fingerprint density at radius 3 is 1.95 bits per heavy atom. The van der Waals surface area contributed by atoms with E-state index in [1.807, 2.05) is 0 Å². The average molecular weight is 782 g/mol. The van der Waals surface area contributed by atoms with E-state index in [0.717, 1.165) is 116 Å². The molecule has 0 bridgehead atoms. The monoisotopic (exact) mass is 782 g/mol. The molecule has 8 heteroatoms. The van der Waals surface area contributed by atoms with Crippen LogP contribution in [0.1, 0.15) is 191 Å². The number of carbonyl (C=O) groups excluding carboxylic acids is 2. The van der Waals surface area contributed by atoms with Crippen molar-refractivity contribution in [3.63, 3.8) is 0 Å². The number of esters is 1. The van der Waals surface area contributed by atoms with Crippen molar-refractivity contribution >= 4 is 23.8 Å². The smallest absolute Gasteiger partial charge is 0.309 e. The summed E-state index contributed by atoms with van der Waals surface area (Å²) < 4.78 is 6.24. The van der Waals surface area contributed by atoms with Crippen molar-refractivity contribution in [3.8, 4) is 0 Å². The average Bonchev–Trinajstić information content (AvgIpc) is 3.51. The van der Waals surface area contributed by atoms with E-state index in [0.29, 0.717) is 29.6 Å². The molecule has 5 fully saturated rings. The lowest BCUT2D eigenvalue weighted by atomic mass is 9.29. The second-order valence-corrected chi connectivity index (χ2v) is 21.8. The largest absolute Gasteiger partial charge is 0.481 e. The first-order chi connectivity index (χ1) is 26.0. The summed E-state index contributed by atoms with van der Waals surface area (Å²) in [6, 6.07) is 0. The highest BCUT2D eigenvalue weighted by atomic mass is 16.5. The number of fused-ring (bicyclic) bond motifs is 7. The summed E-state index contributed by atoms with van der Waals surface area (Å²) in [5, 5.41) is 22.0. The minimum atomic E-state index is -1.16. The summed E-state index contributed by atoms with van der Waals surface area (Å²) in [6.45, 7) is 25.5. The van der Waals surface area contributed by atoms with E-state index in [1.165, 1.54) is 12.0 Å². The molecule has 0 aromatic carbocycles. The van der Waals surface area contributed by atoms with Crippen molar-refractivity contribution in [3.05, 3.63) is 12.2 Å².